The Morgan fingerprint density at radius 2 is 1.90 bits per heavy atom. The number of benzene rings is 1. The summed E-state index contributed by atoms with van der Waals surface area (Å²) >= 11 is 6.42. The molecular formula is C16H24ClNO2. The van der Waals surface area contributed by atoms with Gasteiger partial charge in [-0.3, -0.25) is 4.90 Å². The van der Waals surface area contributed by atoms with E-state index in [9.17, 15) is 0 Å². The molecule has 20 heavy (non-hydrogen) atoms. The van der Waals surface area contributed by atoms with E-state index in [1.165, 1.54) is 19.3 Å². The van der Waals surface area contributed by atoms with Gasteiger partial charge in [0.15, 0.2) is 11.5 Å². The van der Waals surface area contributed by atoms with Crippen LogP contribution in [0.4, 0.5) is 0 Å². The van der Waals surface area contributed by atoms with Crippen LogP contribution in [0.3, 0.4) is 0 Å². The molecule has 3 nitrogen and oxygen atoms in total. The molecule has 112 valence electrons. The third-order valence-corrected chi connectivity index (χ3v) is 4.49. The van der Waals surface area contributed by atoms with Crippen LogP contribution in [0.2, 0.25) is 0 Å². The Hall–Kier alpha value is -0.930. The van der Waals surface area contributed by atoms with Crippen molar-refractivity contribution in [2.24, 2.45) is 0 Å². The molecule has 2 atom stereocenters. The zero-order valence-electron chi connectivity index (χ0n) is 12.3. The molecule has 4 heteroatoms. The highest BCUT2D eigenvalue weighted by Gasteiger charge is 2.26. The molecule has 0 N–H and O–H groups in total. The molecule has 0 amide bonds. The second-order valence-electron chi connectivity index (χ2n) is 5.35. The molecule has 0 radical (unpaired) electrons. The molecule has 2 rings (SSSR count). The standard InChI is InChI=1S/C16H24ClNO2/c1-18(14-8-4-3-7-13(14)17)11-12-20-16-10-6-5-9-15(16)19-2/h5-6,9-10,13-14H,3-4,7-8,11-12H2,1-2H3. The van der Waals surface area contributed by atoms with Gasteiger partial charge >= 0.3 is 0 Å². The Balaban J connectivity index is 1.80. The summed E-state index contributed by atoms with van der Waals surface area (Å²) in [4.78, 5) is 2.33. The van der Waals surface area contributed by atoms with Gasteiger partial charge in [-0.1, -0.05) is 25.0 Å². The number of methoxy groups -OCH3 is 1. The number of likely N-dealkylation sites (N-methyl/N-ethyl adjacent to an activating group) is 1. The number of hydrogen-bond donors (Lipinski definition) is 0. The van der Waals surface area contributed by atoms with Gasteiger partial charge < -0.3 is 9.47 Å². The number of hydrogen-bond acceptors (Lipinski definition) is 3. The average Bonchev–Trinajstić information content (AvgIpc) is 2.48. The summed E-state index contributed by atoms with van der Waals surface area (Å²) in [5.74, 6) is 1.58. The number of ether oxygens (including phenoxy) is 2. The van der Waals surface area contributed by atoms with Crippen molar-refractivity contribution in [1.82, 2.24) is 4.90 Å². The van der Waals surface area contributed by atoms with Gasteiger partial charge in [-0.25, -0.2) is 0 Å². The number of alkyl halides is 1. The van der Waals surface area contributed by atoms with E-state index in [0.29, 0.717) is 12.6 Å². The maximum Gasteiger partial charge on any atom is 0.161 e. The first-order valence-electron chi connectivity index (χ1n) is 7.32. The van der Waals surface area contributed by atoms with E-state index in [1.54, 1.807) is 7.11 Å². The monoisotopic (exact) mass is 297 g/mol. The van der Waals surface area contributed by atoms with Crippen molar-refractivity contribution in [3.05, 3.63) is 24.3 Å². The van der Waals surface area contributed by atoms with E-state index in [4.69, 9.17) is 21.1 Å². The van der Waals surface area contributed by atoms with Gasteiger partial charge in [0.2, 0.25) is 0 Å². The first-order chi connectivity index (χ1) is 9.72. The molecule has 1 aliphatic rings. The number of rotatable bonds is 6. The van der Waals surface area contributed by atoms with E-state index < -0.39 is 0 Å². The number of para-hydroxylation sites is 2. The van der Waals surface area contributed by atoms with Gasteiger partial charge in [-0.15, -0.1) is 11.6 Å². The normalized spacial score (nSPS) is 22.8. The lowest BCUT2D eigenvalue weighted by molar-refractivity contribution is 0.161. The number of halogens is 1. The summed E-state index contributed by atoms with van der Waals surface area (Å²) in [6.45, 7) is 1.53. The van der Waals surface area contributed by atoms with Crippen molar-refractivity contribution in [2.45, 2.75) is 37.1 Å². The van der Waals surface area contributed by atoms with Crippen molar-refractivity contribution >= 4 is 11.6 Å². The van der Waals surface area contributed by atoms with Crippen LogP contribution in [-0.4, -0.2) is 43.6 Å². The Kier molecular flexibility index (Phi) is 5.99. The topological polar surface area (TPSA) is 21.7 Å². The predicted molar refractivity (Wildman–Crippen MR) is 83.0 cm³/mol. The van der Waals surface area contributed by atoms with Crippen LogP contribution in [0.15, 0.2) is 24.3 Å². The summed E-state index contributed by atoms with van der Waals surface area (Å²) in [5, 5.41) is 0.278. The van der Waals surface area contributed by atoms with Gasteiger partial charge in [0.1, 0.15) is 6.61 Å². The quantitative estimate of drug-likeness (QED) is 0.750. The Morgan fingerprint density at radius 3 is 2.60 bits per heavy atom. The lowest BCUT2D eigenvalue weighted by atomic mass is 9.94. The molecule has 0 heterocycles. The van der Waals surface area contributed by atoms with Crippen LogP contribution >= 0.6 is 11.6 Å². The van der Waals surface area contributed by atoms with Crippen LogP contribution < -0.4 is 9.47 Å². The first kappa shape index (κ1) is 15.5. The Bertz CT molecular complexity index is 413. The highest BCUT2D eigenvalue weighted by Crippen LogP contribution is 2.27. The van der Waals surface area contributed by atoms with Crippen LogP contribution in [0.1, 0.15) is 25.7 Å². The zero-order chi connectivity index (χ0) is 14.4. The van der Waals surface area contributed by atoms with Gasteiger partial charge in [0.05, 0.1) is 7.11 Å². The van der Waals surface area contributed by atoms with Gasteiger partial charge in [0, 0.05) is 18.0 Å². The molecule has 1 fully saturated rings. The van der Waals surface area contributed by atoms with Crippen molar-refractivity contribution in [2.75, 3.05) is 27.3 Å². The van der Waals surface area contributed by atoms with Gasteiger partial charge in [-0.2, -0.15) is 0 Å². The smallest absolute Gasteiger partial charge is 0.161 e. The molecule has 2 unspecified atom stereocenters. The highest BCUT2D eigenvalue weighted by atomic mass is 35.5. The minimum atomic E-state index is 0.278. The van der Waals surface area contributed by atoms with E-state index in [-0.39, 0.29) is 5.38 Å². The summed E-state index contributed by atoms with van der Waals surface area (Å²) in [7, 11) is 3.80. The minimum absolute atomic E-state index is 0.278. The highest BCUT2D eigenvalue weighted by molar-refractivity contribution is 6.21. The van der Waals surface area contributed by atoms with Crippen LogP contribution in [0.5, 0.6) is 11.5 Å². The molecule has 0 aliphatic heterocycles. The van der Waals surface area contributed by atoms with Crippen LogP contribution in [-0.2, 0) is 0 Å². The number of nitrogens with zero attached hydrogens (tertiary/aromatic N) is 1. The van der Waals surface area contributed by atoms with Crippen molar-refractivity contribution in [3.8, 4) is 11.5 Å². The average molecular weight is 298 g/mol. The third kappa shape index (κ3) is 4.03. The molecule has 0 spiro atoms. The lowest BCUT2D eigenvalue weighted by Crippen LogP contribution is -2.42. The van der Waals surface area contributed by atoms with Gasteiger partial charge in [-0.05, 0) is 32.0 Å². The fourth-order valence-corrected chi connectivity index (χ4v) is 3.24. The first-order valence-corrected chi connectivity index (χ1v) is 7.76. The fourth-order valence-electron chi connectivity index (χ4n) is 2.77. The van der Waals surface area contributed by atoms with E-state index in [1.807, 2.05) is 24.3 Å². The van der Waals surface area contributed by atoms with Crippen LogP contribution in [0.25, 0.3) is 0 Å². The molecule has 1 aromatic rings. The molecule has 0 aromatic heterocycles. The summed E-state index contributed by atoms with van der Waals surface area (Å²) in [5.41, 5.74) is 0. The fraction of sp³-hybridized carbons (Fsp3) is 0.625. The van der Waals surface area contributed by atoms with E-state index in [0.717, 1.165) is 24.5 Å². The largest absolute Gasteiger partial charge is 0.493 e. The van der Waals surface area contributed by atoms with Gasteiger partial charge in [0.25, 0.3) is 0 Å². The van der Waals surface area contributed by atoms with Crippen molar-refractivity contribution in [1.29, 1.82) is 0 Å². The minimum Gasteiger partial charge on any atom is -0.493 e. The lowest BCUT2D eigenvalue weighted by Gasteiger charge is -2.34. The summed E-state index contributed by atoms with van der Waals surface area (Å²) in [6, 6.07) is 8.22. The maximum atomic E-state index is 6.42. The zero-order valence-corrected chi connectivity index (χ0v) is 13.1. The third-order valence-electron chi connectivity index (χ3n) is 3.98. The summed E-state index contributed by atoms with van der Waals surface area (Å²) < 4.78 is 11.1. The second-order valence-corrected chi connectivity index (χ2v) is 5.91. The predicted octanol–water partition coefficient (Wildman–Crippen LogP) is 3.56. The van der Waals surface area contributed by atoms with Crippen molar-refractivity contribution in [3.63, 3.8) is 0 Å². The molecule has 0 bridgehead atoms. The van der Waals surface area contributed by atoms with E-state index >= 15 is 0 Å². The maximum absolute atomic E-state index is 6.42. The van der Waals surface area contributed by atoms with Crippen molar-refractivity contribution < 1.29 is 9.47 Å². The molecule has 0 saturated heterocycles. The molecule has 1 saturated carbocycles. The SMILES string of the molecule is COc1ccccc1OCCN(C)C1CCCCC1Cl. The summed E-state index contributed by atoms with van der Waals surface area (Å²) in [6.07, 6.45) is 4.87. The van der Waals surface area contributed by atoms with E-state index in [2.05, 4.69) is 11.9 Å². The molecule has 1 aromatic carbocycles. The Morgan fingerprint density at radius 1 is 1.20 bits per heavy atom. The van der Waals surface area contributed by atoms with Crippen LogP contribution in [0, 0.1) is 0 Å². The Labute approximate surface area is 126 Å². The molecular weight excluding hydrogens is 274 g/mol. The second kappa shape index (κ2) is 7.75. The molecule has 1 aliphatic carbocycles.